The summed E-state index contributed by atoms with van der Waals surface area (Å²) in [6.07, 6.45) is 0. The zero-order valence-corrected chi connectivity index (χ0v) is 8.02. The zero-order valence-electron chi connectivity index (χ0n) is 6.44. The van der Waals surface area contributed by atoms with Gasteiger partial charge in [-0.05, 0) is 15.9 Å². The molecule has 1 rings (SSSR count). The molecule has 0 aliphatic rings. The molecule has 14 heavy (non-hydrogen) atoms. The van der Waals surface area contributed by atoms with Crippen LogP contribution in [-0.4, -0.2) is 9.85 Å². The van der Waals surface area contributed by atoms with Crippen LogP contribution in [0.15, 0.2) is 16.6 Å². The molecule has 0 aliphatic heterocycles. The Bertz CT molecular complexity index is 423. The molecule has 74 valence electrons. The van der Waals surface area contributed by atoms with Crippen molar-refractivity contribution in [2.24, 2.45) is 0 Å². The third kappa shape index (κ3) is 1.84. The fraction of sp³-hybridized carbons (Fsp3) is 0. The van der Waals surface area contributed by atoms with Crippen molar-refractivity contribution in [1.82, 2.24) is 0 Å². The standard InChI is InChI=1S/C6H2BrFN2O4/c7-6-4(8)1-3(9(11)12)2-5(6)10(13)14/h1-2H. The monoisotopic (exact) mass is 264 g/mol. The first kappa shape index (κ1) is 10.5. The number of hydrogen-bond donors (Lipinski definition) is 0. The molecule has 0 saturated heterocycles. The van der Waals surface area contributed by atoms with E-state index in [0.717, 1.165) is 0 Å². The van der Waals surface area contributed by atoms with E-state index in [2.05, 4.69) is 15.9 Å². The molecule has 0 amide bonds. The Hall–Kier alpha value is -1.57. The highest BCUT2D eigenvalue weighted by atomic mass is 79.9. The Kier molecular flexibility index (Phi) is 2.75. The number of nitro benzene ring substituents is 2. The van der Waals surface area contributed by atoms with Crippen LogP contribution in [0.5, 0.6) is 0 Å². The fourth-order valence-corrected chi connectivity index (χ4v) is 1.17. The second-order valence-corrected chi connectivity index (χ2v) is 3.07. The van der Waals surface area contributed by atoms with E-state index >= 15 is 0 Å². The zero-order chi connectivity index (χ0) is 10.9. The molecule has 8 heteroatoms. The topological polar surface area (TPSA) is 86.3 Å². The molecule has 1 aromatic rings. The average molecular weight is 265 g/mol. The summed E-state index contributed by atoms with van der Waals surface area (Å²) in [5.41, 5.74) is -1.32. The van der Waals surface area contributed by atoms with Crippen LogP contribution in [0.1, 0.15) is 0 Å². The van der Waals surface area contributed by atoms with Crippen molar-refractivity contribution >= 4 is 27.3 Å². The molecule has 0 N–H and O–H groups in total. The second kappa shape index (κ2) is 3.66. The highest BCUT2D eigenvalue weighted by molar-refractivity contribution is 9.10. The summed E-state index contributed by atoms with van der Waals surface area (Å²) >= 11 is 2.62. The highest BCUT2D eigenvalue weighted by Gasteiger charge is 2.22. The van der Waals surface area contributed by atoms with E-state index in [-0.39, 0.29) is 0 Å². The van der Waals surface area contributed by atoms with Crippen molar-refractivity contribution in [2.45, 2.75) is 0 Å². The Morgan fingerprint density at radius 2 is 1.79 bits per heavy atom. The maximum Gasteiger partial charge on any atom is 0.293 e. The van der Waals surface area contributed by atoms with E-state index in [1.165, 1.54) is 0 Å². The van der Waals surface area contributed by atoms with Gasteiger partial charge in [0.05, 0.1) is 22.0 Å². The van der Waals surface area contributed by atoms with Crippen molar-refractivity contribution < 1.29 is 14.2 Å². The van der Waals surface area contributed by atoms with Gasteiger partial charge in [-0.3, -0.25) is 20.2 Å². The average Bonchev–Trinajstić information content (AvgIpc) is 2.08. The molecule has 0 radical (unpaired) electrons. The van der Waals surface area contributed by atoms with Crippen LogP contribution in [0.4, 0.5) is 15.8 Å². The minimum atomic E-state index is -1.04. The van der Waals surface area contributed by atoms with Gasteiger partial charge in [-0.2, -0.15) is 0 Å². The van der Waals surface area contributed by atoms with Crippen LogP contribution >= 0.6 is 15.9 Å². The van der Waals surface area contributed by atoms with Crippen molar-refractivity contribution in [1.29, 1.82) is 0 Å². The van der Waals surface area contributed by atoms with Crippen LogP contribution in [-0.2, 0) is 0 Å². The van der Waals surface area contributed by atoms with Crippen LogP contribution in [0, 0.1) is 26.0 Å². The molecule has 0 aromatic heterocycles. The Morgan fingerprint density at radius 3 is 2.21 bits per heavy atom. The smallest absolute Gasteiger partial charge is 0.258 e. The third-order valence-electron chi connectivity index (χ3n) is 1.40. The quantitative estimate of drug-likeness (QED) is 0.606. The molecule has 0 unspecified atom stereocenters. The molecule has 0 bridgehead atoms. The molecule has 0 fully saturated rings. The first-order valence-electron chi connectivity index (χ1n) is 3.21. The molecule has 0 spiro atoms. The minimum Gasteiger partial charge on any atom is -0.258 e. The fourth-order valence-electron chi connectivity index (χ4n) is 0.799. The van der Waals surface area contributed by atoms with E-state index in [0.29, 0.717) is 12.1 Å². The first-order chi connectivity index (χ1) is 6.43. The van der Waals surface area contributed by atoms with Gasteiger partial charge < -0.3 is 0 Å². The molecule has 0 saturated carbocycles. The Balaban J connectivity index is 3.43. The van der Waals surface area contributed by atoms with Crippen LogP contribution in [0.25, 0.3) is 0 Å². The summed E-state index contributed by atoms with van der Waals surface area (Å²) in [7, 11) is 0. The van der Waals surface area contributed by atoms with E-state index < -0.39 is 31.5 Å². The van der Waals surface area contributed by atoms with Gasteiger partial charge in [-0.15, -0.1) is 0 Å². The van der Waals surface area contributed by atoms with E-state index in [1.54, 1.807) is 0 Å². The first-order valence-corrected chi connectivity index (χ1v) is 4.00. The van der Waals surface area contributed by atoms with Gasteiger partial charge in [0.1, 0.15) is 4.47 Å². The van der Waals surface area contributed by atoms with Gasteiger partial charge in [-0.25, -0.2) is 4.39 Å². The molecule has 0 heterocycles. The van der Waals surface area contributed by atoms with E-state index in [1.807, 2.05) is 0 Å². The van der Waals surface area contributed by atoms with Crippen molar-refractivity contribution in [2.75, 3.05) is 0 Å². The highest BCUT2D eigenvalue weighted by Crippen LogP contribution is 2.31. The molecule has 0 aliphatic carbocycles. The lowest BCUT2D eigenvalue weighted by atomic mass is 10.3. The van der Waals surface area contributed by atoms with E-state index in [9.17, 15) is 24.6 Å². The normalized spacial score (nSPS) is 9.86. The second-order valence-electron chi connectivity index (χ2n) is 2.27. The predicted molar refractivity (Wildman–Crippen MR) is 47.4 cm³/mol. The van der Waals surface area contributed by atoms with Gasteiger partial charge in [-0.1, -0.05) is 0 Å². The van der Waals surface area contributed by atoms with Crippen LogP contribution in [0.2, 0.25) is 0 Å². The molecule has 0 atom stereocenters. The number of halogens is 2. The lowest BCUT2D eigenvalue weighted by Gasteiger charge is -1.97. The molecular weight excluding hydrogens is 263 g/mol. The van der Waals surface area contributed by atoms with Gasteiger partial charge in [0.15, 0.2) is 5.82 Å². The Morgan fingerprint density at radius 1 is 1.21 bits per heavy atom. The summed E-state index contributed by atoms with van der Waals surface area (Å²) in [5, 5.41) is 20.6. The minimum absolute atomic E-state index is 0.395. The summed E-state index contributed by atoms with van der Waals surface area (Å²) in [4.78, 5) is 18.8. The van der Waals surface area contributed by atoms with Gasteiger partial charge in [0.25, 0.3) is 11.4 Å². The predicted octanol–water partition coefficient (Wildman–Crippen LogP) is 2.40. The number of nitrogens with zero attached hydrogens (tertiary/aromatic N) is 2. The summed E-state index contributed by atoms with van der Waals surface area (Å²) in [6.45, 7) is 0. The largest absolute Gasteiger partial charge is 0.293 e. The molecule has 1 aromatic carbocycles. The SMILES string of the molecule is O=[N+]([O-])c1cc(F)c(Br)c([N+](=O)[O-])c1. The summed E-state index contributed by atoms with van der Waals surface area (Å²) < 4.78 is 12.5. The summed E-state index contributed by atoms with van der Waals surface area (Å²) in [5.74, 6) is -1.04. The van der Waals surface area contributed by atoms with E-state index in [4.69, 9.17) is 0 Å². The van der Waals surface area contributed by atoms with Gasteiger partial charge in [0.2, 0.25) is 0 Å². The third-order valence-corrected chi connectivity index (χ3v) is 2.19. The molecular formula is C6H2BrFN2O4. The van der Waals surface area contributed by atoms with Crippen molar-refractivity contribution in [3.8, 4) is 0 Å². The lowest BCUT2D eigenvalue weighted by Crippen LogP contribution is -1.95. The number of rotatable bonds is 2. The van der Waals surface area contributed by atoms with Gasteiger partial charge >= 0.3 is 0 Å². The number of hydrogen-bond acceptors (Lipinski definition) is 4. The van der Waals surface area contributed by atoms with Crippen LogP contribution in [0.3, 0.4) is 0 Å². The van der Waals surface area contributed by atoms with Crippen LogP contribution < -0.4 is 0 Å². The number of benzene rings is 1. The molecule has 6 nitrogen and oxygen atoms in total. The maximum absolute atomic E-state index is 12.9. The van der Waals surface area contributed by atoms with Crippen molar-refractivity contribution in [3.63, 3.8) is 0 Å². The van der Waals surface area contributed by atoms with Crippen molar-refractivity contribution in [3.05, 3.63) is 42.7 Å². The number of non-ortho nitro benzene ring substituents is 1. The number of nitro groups is 2. The van der Waals surface area contributed by atoms with Gasteiger partial charge in [0, 0.05) is 0 Å². The summed E-state index contributed by atoms with van der Waals surface area (Å²) in [6, 6.07) is 1.30. The Labute approximate surface area is 84.8 Å². The lowest BCUT2D eigenvalue weighted by molar-refractivity contribution is -0.395. The maximum atomic E-state index is 12.9.